The highest BCUT2D eigenvalue weighted by Gasteiger charge is 2.20. The maximum atomic E-state index is 10.7. The van der Waals surface area contributed by atoms with Crippen molar-refractivity contribution < 1.29 is 13.0 Å². The third-order valence-corrected chi connectivity index (χ3v) is 2.95. The fraction of sp³-hybridized carbons (Fsp3) is 1.00. The molecule has 0 saturated carbocycles. The van der Waals surface area contributed by atoms with Crippen molar-refractivity contribution in [2.45, 2.75) is 24.5 Å². The normalized spacial score (nSPS) is 14.6. The van der Waals surface area contributed by atoms with Crippen molar-refractivity contribution in [3.05, 3.63) is 0 Å². The van der Waals surface area contributed by atoms with Crippen molar-refractivity contribution in [1.82, 2.24) is 0 Å². The van der Waals surface area contributed by atoms with E-state index in [0.29, 0.717) is 25.8 Å². The van der Waals surface area contributed by atoms with E-state index in [1.165, 1.54) is 0 Å². The van der Waals surface area contributed by atoms with Crippen LogP contribution in [0.3, 0.4) is 0 Å². The van der Waals surface area contributed by atoms with Gasteiger partial charge in [-0.05, 0) is 32.4 Å². The predicted octanol–water partition coefficient (Wildman–Crippen LogP) is -0.669. The molecule has 0 aliphatic carbocycles. The van der Waals surface area contributed by atoms with Crippen molar-refractivity contribution in [1.29, 1.82) is 0 Å². The van der Waals surface area contributed by atoms with Gasteiger partial charge in [-0.3, -0.25) is 4.55 Å². The molecule has 1 unspecified atom stereocenters. The Bertz CT molecular complexity index is 203. The largest absolute Gasteiger partial charge is 0.330 e. The van der Waals surface area contributed by atoms with Gasteiger partial charge < -0.3 is 11.5 Å². The molecule has 0 aromatic carbocycles. The minimum Gasteiger partial charge on any atom is -0.330 e. The molecule has 0 heterocycles. The lowest BCUT2D eigenvalue weighted by Gasteiger charge is -2.11. The number of rotatable bonds is 6. The van der Waals surface area contributed by atoms with Crippen molar-refractivity contribution in [3.63, 3.8) is 0 Å². The zero-order chi connectivity index (χ0) is 9.61. The van der Waals surface area contributed by atoms with E-state index in [0.717, 1.165) is 0 Å². The van der Waals surface area contributed by atoms with Crippen molar-refractivity contribution >= 4 is 10.1 Å². The molecule has 0 spiro atoms. The highest BCUT2D eigenvalue weighted by Crippen LogP contribution is 2.09. The van der Waals surface area contributed by atoms with E-state index >= 15 is 0 Å². The van der Waals surface area contributed by atoms with Gasteiger partial charge in [0.25, 0.3) is 10.1 Å². The average molecular weight is 196 g/mol. The van der Waals surface area contributed by atoms with E-state index in [2.05, 4.69) is 0 Å². The van der Waals surface area contributed by atoms with E-state index in [-0.39, 0.29) is 6.54 Å². The summed E-state index contributed by atoms with van der Waals surface area (Å²) in [6.45, 7) is 0.686. The van der Waals surface area contributed by atoms with Gasteiger partial charge >= 0.3 is 0 Å². The van der Waals surface area contributed by atoms with Gasteiger partial charge in [0.05, 0.1) is 5.25 Å². The van der Waals surface area contributed by atoms with Gasteiger partial charge in [-0.15, -0.1) is 0 Å². The fourth-order valence-corrected chi connectivity index (χ4v) is 1.87. The Morgan fingerprint density at radius 1 is 1.17 bits per heavy atom. The monoisotopic (exact) mass is 196 g/mol. The first-order chi connectivity index (χ1) is 5.52. The minimum absolute atomic E-state index is 0.259. The van der Waals surface area contributed by atoms with Crippen LogP contribution < -0.4 is 11.5 Å². The van der Waals surface area contributed by atoms with Crippen LogP contribution in [0.5, 0.6) is 0 Å². The minimum atomic E-state index is -3.93. The zero-order valence-electron chi connectivity index (χ0n) is 6.94. The van der Waals surface area contributed by atoms with E-state index in [1.54, 1.807) is 0 Å². The molecule has 0 radical (unpaired) electrons. The molecule has 0 fully saturated rings. The summed E-state index contributed by atoms with van der Waals surface area (Å²) in [5, 5.41) is -0.744. The summed E-state index contributed by atoms with van der Waals surface area (Å²) in [4.78, 5) is 0. The molecule has 74 valence electrons. The molecular weight excluding hydrogens is 180 g/mol. The topological polar surface area (TPSA) is 106 Å². The van der Waals surface area contributed by atoms with Crippen LogP contribution in [0.4, 0.5) is 0 Å². The predicted molar refractivity (Wildman–Crippen MR) is 47.3 cm³/mol. The van der Waals surface area contributed by atoms with Gasteiger partial charge in [0.1, 0.15) is 0 Å². The van der Waals surface area contributed by atoms with Crippen LogP contribution in [-0.4, -0.2) is 31.3 Å². The lowest BCUT2D eigenvalue weighted by Crippen LogP contribution is -2.24. The second kappa shape index (κ2) is 5.47. The fourth-order valence-electron chi connectivity index (χ4n) is 0.974. The molecule has 0 amide bonds. The van der Waals surface area contributed by atoms with Crippen LogP contribution in [0.25, 0.3) is 0 Å². The Hall–Kier alpha value is -0.170. The van der Waals surface area contributed by atoms with Gasteiger partial charge in [-0.2, -0.15) is 8.42 Å². The summed E-state index contributed by atoms with van der Waals surface area (Å²) in [7, 11) is -3.93. The summed E-state index contributed by atoms with van der Waals surface area (Å²) in [5.41, 5.74) is 10.4. The lowest BCUT2D eigenvalue weighted by atomic mass is 10.2. The SMILES string of the molecule is NCCCC(CCN)S(=O)(=O)O. The zero-order valence-corrected chi connectivity index (χ0v) is 7.76. The second-order valence-corrected chi connectivity index (χ2v) is 4.34. The van der Waals surface area contributed by atoms with Crippen LogP contribution in [0.15, 0.2) is 0 Å². The maximum absolute atomic E-state index is 10.7. The first-order valence-electron chi connectivity index (χ1n) is 3.88. The summed E-state index contributed by atoms with van der Waals surface area (Å²) in [6, 6.07) is 0. The summed E-state index contributed by atoms with van der Waals surface area (Å²) in [5.74, 6) is 0. The smallest absolute Gasteiger partial charge is 0.267 e. The molecule has 0 aliphatic rings. The molecule has 5 N–H and O–H groups in total. The Labute approximate surface area is 72.9 Å². The Kier molecular flexibility index (Phi) is 5.39. The summed E-state index contributed by atoms with van der Waals surface area (Å²) < 4.78 is 30.1. The molecule has 0 aliphatic heterocycles. The first-order valence-corrected chi connectivity index (χ1v) is 5.39. The van der Waals surface area contributed by atoms with Gasteiger partial charge in [0.15, 0.2) is 0 Å². The van der Waals surface area contributed by atoms with E-state index < -0.39 is 15.4 Å². The van der Waals surface area contributed by atoms with Crippen LogP contribution in [0.1, 0.15) is 19.3 Å². The third-order valence-electron chi connectivity index (χ3n) is 1.64. The van der Waals surface area contributed by atoms with Gasteiger partial charge in [-0.25, -0.2) is 0 Å². The van der Waals surface area contributed by atoms with Gasteiger partial charge in [-0.1, -0.05) is 0 Å². The van der Waals surface area contributed by atoms with Crippen molar-refractivity contribution in [2.24, 2.45) is 11.5 Å². The highest BCUT2D eigenvalue weighted by atomic mass is 32.2. The standard InChI is InChI=1S/C6H16N2O3S/c7-4-1-2-6(3-5-8)12(9,10)11/h6H,1-5,7-8H2,(H,9,10,11). The average Bonchev–Trinajstić information content (AvgIpc) is 1.95. The molecular formula is C6H16N2O3S. The van der Waals surface area contributed by atoms with E-state index in [4.69, 9.17) is 16.0 Å². The van der Waals surface area contributed by atoms with Crippen molar-refractivity contribution in [3.8, 4) is 0 Å². The Balaban J connectivity index is 4.05. The quantitative estimate of drug-likeness (QED) is 0.488. The van der Waals surface area contributed by atoms with E-state index in [1.807, 2.05) is 0 Å². The molecule has 12 heavy (non-hydrogen) atoms. The third kappa shape index (κ3) is 4.66. The number of nitrogens with two attached hydrogens (primary N) is 2. The molecule has 0 bridgehead atoms. The molecule has 0 rings (SSSR count). The van der Waals surface area contributed by atoms with Crippen LogP contribution >= 0.6 is 0 Å². The van der Waals surface area contributed by atoms with Crippen LogP contribution in [-0.2, 0) is 10.1 Å². The lowest BCUT2D eigenvalue weighted by molar-refractivity contribution is 0.454. The summed E-state index contributed by atoms with van der Waals surface area (Å²) >= 11 is 0. The van der Waals surface area contributed by atoms with E-state index in [9.17, 15) is 8.42 Å². The number of hydrogen-bond donors (Lipinski definition) is 3. The first kappa shape index (κ1) is 11.8. The molecule has 6 heteroatoms. The van der Waals surface area contributed by atoms with Crippen LogP contribution in [0, 0.1) is 0 Å². The van der Waals surface area contributed by atoms with Crippen molar-refractivity contribution in [2.75, 3.05) is 13.1 Å². The summed E-state index contributed by atoms with van der Waals surface area (Å²) in [6.07, 6.45) is 1.26. The molecule has 5 nitrogen and oxygen atoms in total. The molecule has 0 aromatic heterocycles. The van der Waals surface area contributed by atoms with Gasteiger partial charge in [0.2, 0.25) is 0 Å². The Morgan fingerprint density at radius 2 is 1.75 bits per heavy atom. The molecule has 1 atom stereocenters. The van der Waals surface area contributed by atoms with Crippen LogP contribution in [0.2, 0.25) is 0 Å². The highest BCUT2D eigenvalue weighted by molar-refractivity contribution is 7.86. The second-order valence-electron chi connectivity index (χ2n) is 2.65. The Morgan fingerprint density at radius 3 is 2.08 bits per heavy atom. The number of hydrogen-bond acceptors (Lipinski definition) is 4. The van der Waals surface area contributed by atoms with Gasteiger partial charge in [0, 0.05) is 0 Å². The maximum Gasteiger partial charge on any atom is 0.267 e. The molecule has 0 saturated heterocycles. The molecule has 0 aromatic rings.